The summed E-state index contributed by atoms with van der Waals surface area (Å²) < 4.78 is 0. The number of hydrogen-bond acceptors (Lipinski definition) is 3. The number of benzene rings is 2. The summed E-state index contributed by atoms with van der Waals surface area (Å²) in [7, 11) is 0. The molecule has 4 nitrogen and oxygen atoms in total. The van der Waals surface area contributed by atoms with Crippen molar-refractivity contribution in [1.29, 1.82) is 0 Å². The Balaban J connectivity index is 0.00000140. The number of rotatable bonds is 3. The molecule has 2 unspecified atom stereocenters. The van der Waals surface area contributed by atoms with Gasteiger partial charge in [0.1, 0.15) is 0 Å². The van der Waals surface area contributed by atoms with E-state index in [2.05, 4.69) is 47.4 Å². The van der Waals surface area contributed by atoms with E-state index in [1.165, 1.54) is 5.56 Å². The van der Waals surface area contributed by atoms with Crippen LogP contribution in [0.4, 0.5) is 11.4 Å². The highest BCUT2D eigenvalue weighted by molar-refractivity contribution is 5.98. The van der Waals surface area contributed by atoms with Crippen LogP contribution in [0.5, 0.6) is 0 Å². The van der Waals surface area contributed by atoms with Crippen LogP contribution >= 0.6 is 24.8 Å². The summed E-state index contributed by atoms with van der Waals surface area (Å²) in [5, 5.41) is 0. The highest BCUT2D eigenvalue weighted by Gasteiger charge is 2.33. The summed E-state index contributed by atoms with van der Waals surface area (Å²) in [4.78, 5) is 17.6. The van der Waals surface area contributed by atoms with Crippen molar-refractivity contribution >= 4 is 42.1 Å². The van der Waals surface area contributed by atoms with Gasteiger partial charge in [-0.05, 0) is 43.4 Å². The molecule has 0 saturated heterocycles. The van der Waals surface area contributed by atoms with Crippen molar-refractivity contribution in [2.24, 2.45) is 11.7 Å². The largest absolute Gasteiger partial charge is 0.365 e. The van der Waals surface area contributed by atoms with Gasteiger partial charge in [-0.3, -0.25) is 4.79 Å². The van der Waals surface area contributed by atoms with Gasteiger partial charge in [0.2, 0.25) is 5.91 Å². The molecule has 4 rings (SSSR count). The van der Waals surface area contributed by atoms with Crippen molar-refractivity contribution < 1.29 is 4.79 Å². The molecule has 0 bridgehead atoms. The Bertz CT molecular complexity index is 771. The number of carbonyl (C=O) groups is 1. The molecule has 1 aliphatic carbocycles. The van der Waals surface area contributed by atoms with Gasteiger partial charge in [-0.15, -0.1) is 24.8 Å². The Morgan fingerprint density at radius 1 is 0.929 bits per heavy atom. The minimum absolute atomic E-state index is 0. The first-order chi connectivity index (χ1) is 12.7. The van der Waals surface area contributed by atoms with Gasteiger partial charge in [0.25, 0.3) is 0 Å². The first-order valence-electron chi connectivity index (χ1n) is 9.67. The highest BCUT2D eigenvalue weighted by Crippen LogP contribution is 2.36. The van der Waals surface area contributed by atoms with Gasteiger partial charge in [0.15, 0.2) is 0 Å². The number of nitrogens with two attached hydrogens (primary N) is 1. The first kappa shape index (κ1) is 22.5. The fourth-order valence-corrected chi connectivity index (χ4v) is 4.28. The van der Waals surface area contributed by atoms with E-state index in [0.717, 1.165) is 56.7 Å². The predicted octanol–water partition coefficient (Wildman–Crippen LogP) is 4.40. The number of fused-ring (bicyclic) bond motifs is 1. The van der Waals surface area contributed by atoms with Gasteiger partial charge in [0, 0.05) is 31.6 Å². The maximum atomic E-state index is 13.2. The zero-order chi connectivity index (χ0) is 17.9. The summed E-state index contributed by atoms with van der Waals surface area (Å²) in [5.74, 6) is 0.339. The van der Waals surface area contributed by atoms with E-state index < -0.39 is 0 Å². The molecular weight excluding hydrogens is 393 g/mol. The quantitative estimate of drug-likeness (QED) is 0.798. The Hall–Kier alpha value is -1.75. The second-order valence-corrected chi connectivity index (χ2v) is 7.51. The van der Waals surface area contributed by atoms with Crippen molar-refractivity contribution in [3.8, 4) is 0 Å². The third kappa shape index (κ3) is 4.80. The van der Waals surface area contributed by atoms with Gasteiger partial charge < -0.3 is 15.5 Å². The Labute approximate surface area is 179 Å². The second-order valence-electron chi connectivity index (χ2n) is 7.51. The molecule has 2 atom stereocenters. The predicted molar refractivity (Wildman–Crippen MR) is 121 cm³/mol. The number of para-hydroxylation sites is 2. The number of amides is 1. The lowest BCUT2D eigenvalue weighted by Crippen LogP contribution is -2.36. The molecule has 1 aliphatic heterocycles. The summed E-state index contributed by atoms with van der Waals surface area (Å²) in [6.45, 7) is 2.61. The molecule has 2 aromatic carbocycles. The van der Waals surface area contributed by atoms with Gasteiger partial charge in [-0.25, -0.2) is 0 Å². The molecule has 0 radical (unpaired) electrons. The van der Waals surface area contributed by atoms with Crippen molar-refractivity contribution in [1.82, 2.24) is 0 Å². The minimum atomic E-state index is 0. The van der Waals surface area contributed by atoms with Gasteiger partial charge >= 0.3 is 0 Å². The molecule has 0 spiro atoms. The zero-order valence-corrected chi connectivity index (χ0v) is 17.6. The molecule has 1 amide bonds. The van der Waals surface area contributed by atoms with E-state index in [9.17, 15) is 4.79 Å². The van der Waals surface area contributed by atoms with Crippen LogP contribution in [0.2, 0.25) is 0 Å². The molecule has 6 heteroatoms. The number of hydrogen-bond donors (Lipinski definition) is 1. The van der Waals surface area contributed by atoms with Gasteiger partial charge in [-0.1, -0.05) is 42.5 Å². The van der Waals surface area contributed by atoms with E-state index >= 15 is 0 Å². The molecule has 1 heterocycles. The fraction of sp³-hybridized carbons (Fsp3) is 0.409. The second kappa shape index (κ2) is 10.1. The lowest BCUT2D eigenvalue weighted by atomic mass is 10.1. The Kier molecular flexibility index (Phi) is 8.17. The van der Waals surface area contributed by atoms with Crippen LogP contribution in [-0.4, -0.2) is 25.0 Å². The van der Waals surface area contributed by atoms with Crippen LogP contribution in [0.25, 0.3) is 0 Å². The standard InChI is InChI=1S/C22H27N3O.2ClH/c23-19-12-11-18(15-19)22(26)25-14-6-13-24(16-17-7-2-1-3-8-17)20-9-4-5-10-21(20)25;;/h1-5,7-10,18-19H,6,11-16,23H2;2*1H. The third-order valence-corrected chi connectivity index (χ3v) is 5.63. The molecule has 2 aliphatic rings. The van der Waals surface area contributed by atoms with E-state index in [0.29, 0.717) is 0 Å². The Morgan fingerprint density at radius 2 is 1.61 bits per heavy atom. The number of anilines is 2. The number of carbonyl (C=O) groups excluding carboxylic acids is 1. The summed E-state index contributed by atoms with van der Waals surface area (Å²) in [6, 6.07) is 19.0. The average Bonchev–Trinajstić information content (AvgIpc) is 3.03. The molecule has 1 fully saturated rings. The molecule has 1 saturated carbocycles. The van der Waals surface area contributed by atoms with Crippen molar-refractivity contribution in [3.05, 3.63) is 60.2 Å². The van der Waals surface area contributed by atoms with Crippen molar-refractivity contribution in [3.63, 3.8) is 0 Å². The fourth-order valence-electron chi connectivity index (χ4n) is 4.28. The van der Waals surface area contributed by atoms with Crippen LogP contribution in [0, 0.1) is 5.92 Å². The first-order valence-corrected chi connectivity index (χ1v) is 9.67. The van der Waals surface area contributed by atoms with Crippen LogP contribution in [0.3, 0.4) is 0 Å². The number of nitrogens with zero attached hydrogens (tertiary/aromatic N) is 2. The maximum absolute atomic E-state index is 13.2. The normalized spacial score (nSPS) is 21.2. The summed E-state index contributed by atoms with van der Waals surface area (Å²) in [6.07, 6.45) is 3.69. The van der Waals surface area contributed by atoms with E-state index in [1.54, 1.807) is 0 Å². The molecular formula is C22H29Cl2N3O. The minimum Gasteiger partial charge on any atom is -0.365 e. The van der Waals surface area contributed by atoms with Crippen LogP contribution in [-0.2, 0) is 11.3 Å². The van der Waals surface area contributed by atoms with Crippen molar-refractivity contribution in [2.75, 3.05) is 22.9 Å². The molecule has 2 aromatic rings. The Morgan fingerprint density at radius 3 is 2.29 bits per heavy atom. The lowest BCUT2D eigenvalue weighted by Gasteiger charge is -2.28. The smallest absolute Gasteiger partial charge is 0.230 e. The summed E-state index contributed by atoms with van der Waals surface area (Å²) >= 11 is 0. The van der Waals surface area contributed by atoms with Crippen LogP contribution in [0.1, 0.15) is 31.2 Å². The monoisotopic (exact) mass is 421 g/mol. The van der Waals surface area contributed by atoms with E-state index in [1.807, 2.05) is 17.0 Å². The van der Waals surface area contributed by atoms with Crippen LogP contribution < -0.4 is 15.5 Å². The van der Waals surface area contributed by atoms with E-state index in [4.69, 9.17) is 5.73 Å². The molecule has 152 valence electrons. The summed E-state index contributed by atoms with van der Waals surface area (Å²) in [5.41, 5.74) is 9.55. The van der Waals surface area contributed by atoms with Gasteiger partial charge in [-0.2, -0.15) is 0 Å². The van der Waals surface area contributed by atoms with E-state index in [-0.39, 0.29) is 42.7 Å². The highest BCUT2D eigenvalue weighted by atomic mass is 35.5. The third-order valence-electron chi connectivity index (χ3n) is 5.63. The van der Waals surface area contributed by atoms with Crippen LogP contribution in [0.15, 0.2) is 54.6 Å². The lowest BCUT2D eigenvalue weighted by molar-refractivity contribution is -0.122. The average molecular weight is 422 g/mol. The maximum Gasteiger partial charge on any atom is 0.230 e. The molecule has 0 aromatic heterocycles. The topological polar surface area (TPSA) is 49.6 Å². The number of halogens is 2. The SMILES string of the molecule is Cl.Cl.NC1CCC(C(=O)N2CCCN(Cc3ccccc3)c3ccccc32)C1. The molecule has 2 N–H and O–H groups in total. The van der Waals surface area contributed by atoms with Gasteiger partial charge in [0.05, 0.1) is 11.4 Å². The van der Waals surface area contributed by atoms with Crippen molar-refractivity contribution in [2.45, 2.75) is 38.3 Å². The zero-order valence-electron chi connectivity index (χ0n) is 16.0. The molecule has 28 heavy (non-hydrogen) atoms.